The lowest BCUT2D eigenvalue weighted by atomic mass is 9.98. The highest BCUT2D eigenvalue weighted by Gasteiger charge is 2.33. The molecule has 0 radical (unpaired) electrons. The van der Waals surface area contributed by atoms with Gasteiger partial charge in [0.15, 0.2) is 0 Å². The van der Waals surface area contributed by atoms with Gasteiger partial charge in [-0.25, -0.2) is 4.98 Å². The van der Waals surface area contributed by atoms with Crippen LogP contribution in [0.4, 0.5) is 0 Å². The van der Waals surface area contributed by atoms with Gasteiger partial charge in [0.2, 0.25) is 0 Å². The summed E-state index contributed by atoms with van der Waals surface area (Å²) in [5.41, 5.74) is 6.15. The Morgan fingerprint density at radius 3 is 2.77 bits per heavy atom. The molecule has 1 aromatic heterocycles. The summed E-state index contributed by atoms with van der Waals surface area (Å²) in [7, 11) is 1.64. The van der Waals surface area contributed by atoms with E-state index in [1.165, 1.54) is 17.7 Å². The highest BCUT2D eigenvalue weighted by molar-refractivity contribution is 7.13. The summed E-state index contributed by atoms with van der Waals surface area (Å²) in [5, 5.41) is 0.715. The third kappa shape index (κ3) is 1.56. The molecule has 1 aliphatic rings. The second kappa shape index (κ2) is 3.27. The van der Waals surface area contributed by atoms with E-state index in [9.17, 15) is 0 Å². The molecule has 72 valence electrons. The molecule has 0 spiro atoms. The van der Waals surface area contributed by atoms with Crippen molar-refractivity contribution in [3.05, 3.63) is 11.1 Å². The van der Waals surface area contributed by atoms with E-state index in [1.807, 2.05) is 6.20 Å². The summed E-state index contributed by atoms with van der Waals surface area (Å²) in [6.45, 7) is 0. The molecule has 0 aromatic carbocycles. The molecule has 0 bridgehead atoms. The molecule has 1 aromatic rings. The highest BCUT2D eigenvalue weighted by atomic mass is 32.1. The van der Waals surface area contributed by atoms with Crippen molar-refractivity contribution < 1.29 is 4.74 Å². The molecule has 0 unspecified atom stereocenters. The number of ether oxygens (including phenoxy) is 1. The fourth-order valence-corrected chi connectivity index (χ4v) is 2.72. The second-order valence-electron chi connectivity index (χ2n) is 3.56. The minimum absolute atomic E-state index is 0.117. The minimum Gasteiger partial charge on any atom is -0.473 e. The predicted octanol–water partition coefficient (Wildman–Crippen LogP) is 1.88. The first-order valence-electron chi connectivity index (χ1n) is 4.54. The van der Waals surface area contributed by atoms with Crippen molar-refractivity contribution in [3.63, 3.8) is 0 Å². The fourth-order valence-electron chi connectivity index (χ4n) is 1.83. The summed E-state index contributed by atoms with van der Waals surface area (Å²) in [4.78, 5) is 5.31. The Kier molecular flexibility index (Phi) is 2.26. The van der Waals surface area contributed by atoms with Gasteiger partial charge in [-0.3, -0.25) is 0 Å². The largest absolute Gasteiger partial charge is 0.473 e. The van der Waals surface area contributed by atoms with E-state index in [4.69, 9.17) is 10.5 Å². The molecule has 3 nitrogen and oxygen atoms in total. The SMILES string of the molecule is COc1ncc(C2(N)CCCC2)s1. The van der Waals surface area contributed by atoms with Crippen molar-refractivity contribution in [1.82, 2.24) is 4.98 Å². The zero-order valence-electron chi connectivity index (χ0n) is 7.75. The van der Waals surface area contributed by atoms with Gasteiger partial charge in [0.1, 0.15) is 0 Å². The van der Waals surface area contributed by atoms with Gasteiger partial charge in [-0.05, 0) is 12.8 Å². The maximum atomic E-state index is 6.26. The number of rotatable bonds is 2. The first kappa shape index (κ1) is 8.97. The Bertz CT molecular complexity index is 292. The van der Waals surface area contributed by atoms with Crippen molar-refractivity contribution >= 4 is 11.3 Å². The van der Waals surface area contributed by atoms with Crippen molar-refractivity contribution in [3.8, 4) is 5.19 Å². The first-order valence-corrected chi connectivity index (χ1v) is 5.35. The predicted molar refractivity (Wildman–Crippen MR) is 53.0 cm³/mol. The number of hydrogen-bond acceptors (Lipinski definition) is 4. The molecular weight excluding hydrogens is 184 g/mol. The van der Waals surface area contributed by atoms with Gasteiger partial charge in [0.25, 0.3) is 5.19 Å². The van der Waals surface area contributed by atoms with Crippen LogP contribution in [-0.4, -0.2) is 12.1 Å². The number of methoxy groups -OCH3 is 1. The Morgan fingerprint density at radius 1 is 1.54 bits per heavy atom. The van der Waals surface area contributed by atoms with Crippen molar-refractivity contribution in [2.24, 2.45) is 5.73 Å². The lowest BCUT2D eigenvalue weighted by Gasteiger charge is -2.20. The topological polar surface area (TPSA) is 48.1 Å². The molecular formula is C9H14N2OS. The van der Waals surface area contributed by atoms with Crippen LogP contribution in [0.15, 0.2) is 6.20 Å². The first-order chi connectivity index (χ1) is 6.24. The third-order valence-electron chi connectivity index (χ3n) is 2.65. The van der Waals surface area contributed by atoms with Crippen LogP contribution in [0.2, 0.25) is 0 Å². The van der Waals surface area contributed by atoms with E-state index in [1.54, 1.807) is 18.4 Å². The molecule has 2 N–H and O–H groups in total. The van der Waals surface area contributed by atoms with Crippen LogP contribution in [0.1, 0.15) is 30.6 Å². The Labute approximate surface area is 81.9 Å². The summed E-state index contributed by atoms with van der Waals surface area (Å²) >= 11 is 1.57. The molecule has 1 fully saturated rings. The maximum Gasteiger partial charge on any atom is 0.273 e. The quantitative estimate of drug-likeness (QED) is 0.789. The molecule has 0 aliphatic heterocycles. The number of thiazole rings is 1. The van der Waals surface area contributed by atoms with Gasteiger partial charge < -0.3 is 10.5 Å². The van der Waals surface area contributed by atoms with Gasteiger partial charge in [-0.2, -0.15) is 0 Å². The standard InChI is InChI=1S/C9H14N2OS/c1-12-8-11-6-7(13-8)9(10)4-2-3-5-9/h6H,2-5,10H2,1H3. The van der Waals surface area contributed by atoms with E-state index in [-0.39, 0.29) is 5.54 Å². The summed E-state index contributed by atoms with van der Waals surface area (Å²) in [5.74, 6) is 0. The van der Waals surface area contributed by atoms with E-state index in [2.05, 4.69) is 4.98 Å². The summed E-state index contributed by atoms with van der Waals surface area (Å²) < 4.78 is 5.05. The van der Waals surface area contributed by atoms with Crippen molar-refractivity contribution in [1.29, 1.82) is 0 Å². The molecule has 0 saturated heterocycles. The molecule has 0 atom stereocenters. The van der Waals surface area contributed by atoms with Crippen molar-refractivity contribution in [2.45, 2.75) is 31.2 Å². The normalized spacial score (nSPS) is 20.5. The van der Waals surface area contributed by atoms with Crippen molar-refractivity contribution in [2.75, 3.05) is 7.11 Å². The van der Waals surface area contributed by atoms with Gasteiger partial charge in [-0.15, -0.1) is 0 Å². The molecule has 13 heavy (non-hydrogen) atoms. The zero-order valence-corrected chi connectivity index (χ0v) is 8.56. The zero-order chi connectivity index (χ0) is 9.31. The van der Waals surface area contributed by atoms with Gasteiger partial charge in [-0.1, -0.05) is 24.2 Å². The number of aromatic nitrogens is 1. The number of nitrogens with zero attached hydrogens (tertiary/aromatic N) is 1. The van der Waals surface area contributed by atoms with Crippen LogP contribution >= 0.6 is 11.3 Å². The Morgan fingerprint density at radius 2 is 2.23 bits per heavy atom. The lowest BCUT2D eigenvalue weighted by Crippen LogP contribution is -2.31. The van der Waals surface area contributed by atoms with Crippen LogP contribution in [0.5, 0.6) is 5.19 Å². The Balaban J connectivity index is 2.23. The summed E-state index contributed by atoms with van der Waals surface area (Å²) in [6, 6.07) is 0. The number of hydrogen-bond donors (Lipinski definition) is 1. The summed E-state index contributed by atoms with van der Waals surface area (Å²) in [6.07, 6.45) is 6.49. The van der Waals surface area contributed by atoms with Crippen LogP contribution in [-0.2, 0) is 5.54 Å². The van der Waals surface area contributed by atoms with Gasteiger partial charge in [0, 0.05) is 11.1 Å². The van der Waals surface area contributed by atoms with E-state index < -0.39 is 0 Å². The van der Waals surface area contributed by atoms with Crippen LogP contribution in [0, 0.1) is 0 Å². The third-order valence-corrected chi connectivity index (χ3v) is 3.82. The van der Waals surface area contributed by atoms with Gasteiger partial charge >= 0.3 is 0 Å². The smallest absolute Gasteiger partial charge is 0.273 e. The highest BCUT2D eigenvalue weighted by Crippen LogP contribution is 2.40. The minimum atomic E-state index is -0.117. The van der Waals surface area contributed by atoms with Crippen LogP contribution in [0.25, 0.3) is 0 Å². The monoisotopic (exact) mass is 198 g/mol. The molecule has 1 aliphatic carbocycles. The van der Waals surface area contributed by atoms with E-state index in [0.717, 1.165) is 12.8 Å². The van der Waals surface area contributed by atoms with Gasteiger partial charge in [0.05, 0.1) is 12.6 Å². The number of nitrogens with two attached hydrogens (primary N) is 1. The average Bonchev–Trinajstić information content (AvgIpc) is 2.72. The molecule has 2 rings (SSSR count). The lowest BCUT2D eigenvalue weighted by molar-refractivity contribution is 0.412. The second-order valence-corrected chi connectivity index (χ2v) is 4.55. The maximum absolute atomic E-state index is 6.26. The van der Waals surface area contributed by atoms with E-state index in [0.29, 0.717) is 5.19 Å². The molecule has 4 heteroatoms. The Hall–Kier alpha value is -0.610. The van der Waals surface area contributed by atoms with Crippen LogP contribution < -0.4 is 10.5 Å². The average molecular weight is 198 g/mol. The molecule has 1 heterocycles. The molecule has 1 saturated carbocycles. The van der Waals surface area contributed by atoms with Crippen LogP contribution in [0.3, 0.4) is 0 Å². The molecule has 0 amide bonds. The fraction of sp³-hybridized carbons (Fsp3) is 0.667. The van der Waals surface area contributed by atoms with E-state index >= 15 is 0 Å².